The van der Waals surface area contributed by atoms with Crippen molar-refractivity contribution in [3.63, 3.8) is 0 Å². The summed E-state index contributed by atoms with van der Waals surface area (Å²) in [6.07, 6.45) is 3.57. The Bertz CT molecular complexity index is 2250. The van der Waals surface area contributed by atoms with Gasteiger partial charge in [-0.2, -0.15) is 0 Å². The van der Waals surface area contributed by atoms with Crippen molar-refractivity contribution in [2.24, 2.45) is 0 Å². The van der Waals surface area contributed by atoms with Gasteiger partial charge in [-0.15, -0.1) is 0 Å². The Balaban J connectivity index is 1.25. The lowest BCUT2D eigenvalue weighted by Gasteiger charge is -2.07. The minimum Gasteiger partial charge on any atom is -0.306 e. The Morgan fingerprint density at radius 1 is 0.545 bits per heavy atom. The van der Waals surface area contributed by atoms with E-state index in [4.69, 9.17) is 0 Å². The average Bonchev–Trinajstić information content (AvgIpc) is 3.00. The van der Waals surface area contributed by atoms with E-state index in [1.165, 1.54) is 24.3 Å². The fraction of sp³-hybridized carbons (Fsp3) is 0. The van der Waals surface area contributed by atoms with Crippen molar-refractivity contribution < 1.29 is 9.85 Å². The van der Waals surface area contributed by atoms with E-state index >= 15 is 0 Å². The average molecular weight is 591 g/mol. The molecular weight excluding hydrogens is 572 g/mol. The number of nitro groups is 2. The zero-order valence-corrected chi connectivity index (χ0v) is 22.3. The van der Waals surface area contributed by atoms with E-state index in [-0.39, 0.29) is 33.2 Å². The second-order valence-electron chi connectivity index (χ2n) is 9.63. The molecule has 6 aromatic rings. The molecule has 6 rings (SSSR count). The van der Waals surface area contributed by atoms with Gasteiger partial charge in [0.05, 0.1) is 43.0 Å². The monoisotopic (exact) mass is 590 g/mol. The van der Waals surface area contributed by atoms with Gasteiger partial charge in [-0.3, -0.25) is 29.8 Å². The highest BCUT2D eigenvalue weighted by atomic mass is 16.6. The molecule has 0 bridgehead atoms. The minimum atomic E-state index is -0.739. The Kier molecular flexibility index (Phi) is 6.62. The molecule has 0 saturated carbocycles. The van der Waals surface area contributed by atoms with E-state index in [2.05, 4.69) is 9.97 Å². The lowest BCUT2D eigenvalue weighted by atomic mass is 10.1. The van der Waals surface area contributed by atoms with Crippen LogP contribution in [-0.4, -0.2) is 28.9 Å². The third kappa shape index (κ3) is 4.87. The molecule has 0 radical (unpaired) electrons. The van der Waals surface area contributed by atoms with Crippen molar-refractivity contribution >= 4 is 45.3 Å². The SMILES string of the molecule is O=c1[nH]c2cc([N+](=O)[O-])ccc2c(=O)n1-c1ccc(/C=C/c2ccc(-n3c(=O)[nH]c4cc([N+](=O)[O-])ccc4c3=O)cc2)cc1. The number of non-ortho nitro benzene ring substituents is 2. The normalized spacial score (nSPS) is 11.4. The highest BCUT2D eigenvalue weighted by molar-refractivity contribution is 5.81. The molecule has 0 spiro atoms. The predicted molar refractivity (Wildman–Crippen MR) is 163 cm³/mol. The van der Waals surface area contributed by atoms with Gasteiger partial charge in [-0.25, -0.2) is 18.7 Å². The Morgan fingerprint density at radius 3 is 1.25 bits per heavy atom. The maximum absolute atomic E-state index is 13.0. The zero-order chi connectivity index (χ0) is 31.1. The van der Waals surface area contributed by atoms with E-state index in [0.29, 0.717) is 11.4 Å². The summed E-state index contributed by atoms with van der Waals surface area (Å²) in [4.78, 5) is 77.2. The largest absolute Gasteiger partial charge is 0.333 e. The van der Waals surface area contributed by atoms with Crippen LogP contribution in [0.4, 0.5) is 11.4 Å². The van der Waals surface area contributed by atoms with Gasteiger partial charge in [0.2, 0.25) is 0 Å². The summed E-state index contributed by atoms with van der Waals surface area (Å²) in [5.74, 6) is 0. The Hall–Kier alpha value is -6.70. The first kappa shape index (κ1) is 27.5. The van der Waals surface area contributed by atoms with Crippen molar-refractivity contribution in [1.82, 2.24) is 19.1 Å². The van der Waals surface area contributed by atoms with Crippen LogP contribution in [0.3, 0.4) is 0 Å². The molecule has 2 aromatic heterocycles. The second-order valence-corrected chi connectivity index (χ2v) is 9.63. The third-order valence-corrected chi connectivity index (χ3v) is 6.96. The topological polar surface area (TPSA) is 196 Å². The molecular formula is C30H18N6O8. The first-order chi connectivity index (χ1) is 21.1. The van der Waals surface area contributed by atoms with Gasteiger partial charge in [0, 0.05) is 24.3 Å². The summed E-state index contributed by atoms with van der Waals surface area (Å²) in [6.45, 7) is 0. The first-order valence-electron chi connectivity index (χ1n) is 12.9. The summed E-state index contributed by atoms with van der Waals surface area (Å²) in [7, 11) is 0. The second kappa shape index (κ2) is 10.6. The number of fused-ring (bicyclic) bond motifs is 2. The van der Waals surface area contributed by atoms with Crippen LogP contribution in [0.25, 0.3) is 45.3 Å². The zero-order valence-electron chi connectivity index (χ0n) is 22.3. The van der Waals surface area contributed by atoms with Gasteiger partial charge in [-0.1, -0.05) is 36.4 Å². The van der Waals surface area contributed by atoms with E-state index in [0.717, 1.165) is 32.4 Å². The van der Waals surface area contributed by atoms with E-state index < -0.39 is 32.3 Å². The number of benzene rings is 4. The maximum atomic E-state index is 13.0. The van der Waals surface area contributed by atoms with Crippen LogP contribution in [0.1, 0.15) is 11.1 Å². The van der Waals surface area contributed by atoms with E-state index in [9.17, 15) is 39.4 Å². The fourth-order valence-electron chi connectivity index (χ4n) is 4.77. The van der Waals surface area contributed by atoms with Crippen molar-refractivity contribution in [2.75, 3.05) is 0 Å². The molecule has 0 aliphatic carbocycles. The fourth-order valence-corrected chi connectivity index (χ4v) is 4.77. The van der Waals surface area contributed by atoms with Gasteiger partial charge in [0.25, 0.3) is 22.5 Å². The summed E-state index contributed by atoms with van der Waals surface area (Å²) >= 11 is 0. The molecule has 14 heteroatoms. The number of nitrogens with zero attached hydrogens (tertiary/aromatic N) is 4. The van der Waals surface area contributed by atoms with Crippen molar-refractivity contribution in [1.29, 1.82) is 0 Å². The number of aromatic nitrogens is 4. The number of nitrogens with one attached hydrogen (secondary N) is 2. The number of rotatable bonds is 6. The van der Waals surface area contributed by atoms with Gasteiger partial charge >= 0.3 is 11.4 Å². The summed E-state index contributed by atoms with van der Waals surface area (Å²) in [5.41, 5.74) is -0.976. The van der Waals surface area contributed by atoms with Crippen molar-refractivity contribution in [3.05, 3.63) is 158 Å². The summed E-state index contributed by atoms with van der Waals surface area (Å²) in [6, 6.07) is 20.4. The molecule has 0 aliphatic rings. The molecule has 0 unspecified atom stereocenters. The molecule has 14 nitrogen and oxygen atoms in total. The number of aromatic amines is 2. The Labute approximate surface area is 243 Å². The van der Waals surface area contributed by atoms with E-state index in [1.54, 1.807) is 60.7 Å². The number of nitro benzene ring substituents is 2. The lowest BCUT2D eigenvalue weighted by Crippen LogP contribution is -2.33. The first-order valence-corrected chi connectivity index (χ1v) is 12.9. The smallest absolute Gasteiger partial charge is 0.306 e. The van der Waals surface area contributed by atoms with Crippen LogP contribution in [-0.2, 0) is 0 Å². The van der Waals surface area contributed by atoms with Crippen LogP contribution in [0.5, 0.6) is 0 Å². The molecule has 2 heterocycles. The van der Waals surface area contributed by atoms with Crippen LogP contribution in [0, 0.1) is 20.2 Å². The molecule has 0 amide bonds. The molecule has 0 fully saturated rings. The van der Waals surface area contributed by atoms with Gasteiger partial charge in [0.1, 0.15) is 0 Å². The summed E-state index contributed by atoms with van der Waals surface area (Å²) in [5, 5.41) is 22.3. The molecule has 2 N–H and O–H groups in total. The summed E-state index contributed by atoms with van der Waals surface area (Å²) < 4.78 is 1.89. The van der Waals surface area contributed by atoms with Gasteiger partial charge < -0.3 is 9.97 Å². The van der Waals surface area contributed by atoms with Gasteiger partial charge in [0.15, 0.2) is 0 Å². The van der Waals surface area contributed by atoms with Crippen molar-refractivity contribution in [2.45, 2.75) is 0 Å². The molecule has 0 aliphatic heterocycles. The molecule has 4 aromatic carbocycles. The maximum Gasteiger partial charge on any atom is 0.333 e. The van der Waals surface area contributed by atoms with E-state index in [1.807, 2.05) is 0 Å². The highest BCUT2D eigenvalue weighted by Crippen LogP contribution is 2.18. The quantitative estimate of drug-likeness (QED) is 0.166. The minimum absolute atomic E-state index is 0.0670. The predicted octanol–water partition coefficient (Wildman–Crippen LogP) is 3.66. The lowest BCUT2D eigenvalue weighted by molar-refractivity contribution is -0.384. The van der Waals surface area contributed by atoms with Crippen LogP contribution >= 0.6 is 0 Å². The molecule has 216 valence electrons. The van der Waals surface area contributed by atoms with Crippen LogP contribution < -0.4 is 22.5 Å². The molecule has 0 saturated heterocycles. The third-order valence-electron chi connectivity index (χ3n) is 6.96. The van der Waals surface area contributed by atoms with Gasteiger partial charge in [-0.05, 0) is 47.5 Å². The van der Waals surface area contributed by atoms with Crippen LogP contribution in [0.15, 0.2) is 104 Å². The number of hydrogen-bond donors (Lipinski definition) is 2. The molecule has 44 heavy (non-hydrogen) atoms. The van der Waals surface area contributed by atoms with Crippen LogP contribution in [0.2, 0.25) is 0 Å². The highest BCUT2D eigenvalue weighted by Gasteiger charge is 2.15. The number of hydrogen-bond acceptors (Lipinski definition) is 8. The standard InChI is InChI=1S/C30H18N6O8/c37-27-23-13-11-21(35(41)42)15-25(23)31-29(39)33(27)19-7-3-17(4-8-19)1-2-18-5-9-20(10-6-18)34-28(38)24-14-12-22(36(43)44)16-26(24)32-30(34)40/h1-16H,(H,31,39)(H,32,40)/b2-1+. The Morgan fingerprint density at radius 2 is 0.909 bits per heavy atom. The van der Waals surface area contributed by atoms with Crippen molar-refractivity contribution in [3.8, 4) is 11.4 Å². The number of H-pyrrole nitrogens is 2. The molecule has 0 atom stereocenters.